The van der Waals surface area contributed by atoms with Crippen molar-refractivity contribution in [2.24, 2.45) is 0 Å². The van der Waals surface area contributed by atoms with E-state index in [1.807, 2.05) is 30.3 Å². The minimum Gasteiger partial charge on any atom is -0.256 e. The van der Waals surface area contributed by atoms with Gasteiger partial charge in [-0.25, -0.2) is 0 Å². The summed E-state index contributed by atoms with van der Waals surface area (Å²) < 4.78 is 0. The van der Waals surface area contributed by atoms with E-state index in [9.17, 15) is 0 Å². The third-order valence-electron chi connectivity index (χ3n) is 1.90. The molecule has 0 aliphatic heterocycles. The molecule has 0 bridgehead atoms. The highest BCUT2D eigenvalue weighted by molar-refractivity contribution is 6.44. The second kappa shape index (κ2) is 3.52. The van der Waals surface area contributed by atoms with Crippen molar-refractivity contribution in [3.63, 3.8) is 0 Å². The quantitative estimate of drug-likeness (QED) is 0.656. The van der Waals surface area contributed by atoms with Gasteiger partial charge < -0.3 is 0 Å². The van der Waals surface area contributed by atoms with Gasteiger partial charge in [-0.3, -0.25) is 4.98 Å². The van der Waals surface area contributed by atoms with E-state index in [1.54, 1.807) is 6.20 Å². The van der Waals surface area contributed by atoms with E-state index in [-0.39, 0.29) is 0 Å². The molecule has 2 rings (SSSR count). The Labute approximate surface area is 86.3 Å². The SMILES string of the molecule is ClC(Cl)c1cccc2cccnc12. The molecule has 1 aromatic carbocycles. The summed E-state index contributed by atoms with van der Waals surface area (Å²) in [4.78, 5) is 3.72. The van der Waals surface area contributed by atoms with Gasteiger partial charge in [0.1, 0.15) is 4.84 Å². The Bertz CT molecular complexity index is 421. The molecule has 1 nitrogen and oxygen atoms in total. The Balaban J connectivity index is 2.76. The van der Waals surface area contributed by atoms with Crippen LogP contribution in [-0.4, -0.2) is 4.98 Å². The molecular weight excluding hydrogens is 205 g/mol. The first-order chi connectivity index (χ1) is 6.29. The highest BCUT2D eigenvalue weighted by Crippen LogP contribution is 2.29. The molecule has 3 heteroatoms. The summed E-state index contributed by atoms with van der Waals surface area (Å²) in [6, 6.07) is 9.69. The van der Waals surface area contributed by atoms with Crippen LogP contribution in [0.2, 0.25) is 0 Å². The van der Waals surface area contributed by atoms with Gasteiger partial charge in [-0.05, 0) is 6.07 Å². The third-order valence-corrected chi connectivity index (χ3v) is 2.37. The molecule has 0 aliphatic rings. The van der Waals surface area contributed by atoms with Crippen molar-refractivity contribution in [2.75, 3.05) is 0 Å². The number of fused-ring (bicyclic) bond motifs is 1. The van der Waals surface area contributed by atoms with Crippen molar-refractivity contribution >= 4 is 34.1 Å². The van der Waals surface area contributed by atoms with Crippen LogP contribution in [0.15, 0.2) is 36.5 Å². The normalized spacial score (nSPS) is 11.0. The van der Waals surface area contributed by atoms with Crippen molar-refractivity contribution in [2.45, 2.75) is 4.84 Å². The van der Waals surface area contributed by atoms with E-state index in [4.69, 9.17) is 23.2 Å². The monoisotopic (exact) mass is 211 g/mol. The van der Waals surface area contributed by atoms with Crippen molar-refractivity contribution in [1.82, 2.24) is 4.98 Å². The topological polar surface area (TPSA) is 12.9 Å². The minimum absolute atomic E-state index is 0.515. The Morgan fingerprint density at radius 3 is 2.62 bits per heavy atom. The van der Waals surface area contributed by atoms with E-state index in [2.05, 4.69) is 4.98 Å². The molecule has 2 aromatic rings. The largest absolute Gasteiger partial charge is 0.256 e. The van der Waals surface area contributed by atoms with Gasteiger partial charge in [0.15, 0.2) is 0 Å². The van der Waals surface area contributed by atoms with Crippen molar-refractivity contribution in [1.29, 1.82) is 0 Å². The van der Waals surface area contributed by atoms with Crippen molar-refractivity contribution in [3.8, 4) is 0 Å². The predicted octanol–water partition coefficient (Wildman–Crippen LogP) is 3.71. The van der Waals surface area contributed by atoms with Crippen LogP contribution in [0.1, 0.15) is 10.4 Å². The summed E-state index contributed by atoms with van der Waals surface area (Å²) >= 11 is 11.6. The Hall–Kier alpha value is -0.790. The van der Waals surface area contributed by atoms with E-state index in [0.29, 0.717) is 0 Å². The van der Waals surface area contributed by atoms with Gasteiger partial charge in [0.2, 0.25) is 0 Å². The molecule has 0 fully saturated rings. The molecule has 0 radical (unpaired) electrons. The molecule has 0 saturated carbocycles. The molecule has 0 saturated heterocycles. The Morgan fingerprint density at radius 1 is 1.08 bits per heavy atom. The molecule has 1 heterocycles. The summed E-state index contributed by atoms with van der Waals surface area (Å²) in [6.45, 7) is 0. The van der Waals surface area contributed by atoms with E-state index in [0.717, 1.165) is 16.5 Å². The molecule has 0 aliphatic carbocycles. The average molecular weight is 212 g/mol. The summed E-state index contributed by atoms with van der Waals surface area (Å²) in [6.07, 6.45) is 1.74. The van der Waals surface area contributed by atoms with Gasteiger partial charge in [0.25, 0.3) is 0 Å². The zero-order chi connectivity index (χ0) is 9.26. The Morgan fingerprint density at radius 2 is 1.85 bits per heavy atom. The lowest BCUT2D eigenvalue weighted by Crippen LogP contribution is -1.86. The smallest absolute Gasteiger partial charge is 0.134 e. The maximum absolute atomic E-state index is 5.81. The zero-order valence-corrected chi connectivity index (χ0v) is 8.26. The van der Waals surface area contributed by atoms with Gasteiger partial charge in [-0.15, -0.1) is 0 Å². The van der Waals surface area contributed by atoms with Gasteiger partial charge in [-0.1, -0.05) is 47.5 Å². The molecular formula is C10H7Cl2N. The standard InChI is InChI=1S/C10H7Cl2N/c11-10(12)8-5-1-3-7-4-2-6-13-9(7)8/h1-6,10H. The van der Waals surface area contributed by atoms with Crippen LogP contribution in [0.25, 0.3) is 10.9 Å². The molecule has 0 atom stereocenters. The maximum atomic E-state index is 5.81. The molecule has 0 spiro atoms. The zero-order valence-electron chi connectivity index (χ0n) is 6.74. The van der Waals surface area contributed by atoms with Crippen LogP contribution in [0.5, 0.6) is 0 Å². The number of aromatic nitrogens is 1. The molecule has 0 unspecified atom stereocenters. The molecule has 13 heavy (non-hydrogen) atoms. The van der Waals surface area contributed by atoms with Gasteiger partial charge in [-0.2, -0.15) is 0 Å². The maximum Gasteiger partial charge on any atom is 0.134 e. The highest BCUT2D eigenvalue weighted by Gasteiger charge is 2.07. The van der Waals surface area contributed by atoms with Crippen LogP contribution in [0, 0.1) is 0 Å². The lowest BCUT2D eigenvalue weighted by atomic mass is 10.1. The fourth-order valence-electron chi connectivity index (χ4n) is 1.30. The molecule has 1 aromatic heterocycles. The van der Waals surface area contributed by atoms with Crippen molar-refractivity contribution in [3.05, 3.63) is 42.1 Å². The second-order valence-electron chi connectivity index (χ2n) is 2.72. The number of rotatable bonds is 1. The molecule has 66 valence electrons. The van der Waals surface area contributed by atoms with Crippen LogP contribution < -0.4 is 0 Å². The lowest BCUT2D eigenvalue weighted by molar-refractivity contribution is 1.31. The number of nitrogens with zero attached hydrogens (tertiary/aromatic N) is 1. The van der Waals surface area contributed by atoms with Crippen LogP contribution in [0.3, 0.4) is 0 Å². The first-order valence-electron chi connectivity index (χ1n) is 3.91. The van der Waals surface area contributed by atoms with Crippen molar-refractivity contribution < 1.29 is 0 Å². The summed E-state index contributed by atoms with van der Waals surface area (Å²) in [5.74, 6) is 0. The van der Waals surface area contributed by atoms with E-state index < -0.39 is 4.84 Å². The van der Waals surface area contributed by atoms with Gasteiger partial charge in [0, 0.05) is 17.1 Å². The lowest BCUT2D eigenvalue weighted by Gasteiger charge is -2.04. The first kappa shape index (κ1) is 8.79. The van der Waals surface area contributed by atoms with Gasteiger partial charge >= 0.3 is 0 Å². The van der Waals surface area contributed by atoms with Gasteiger partial charge in [0.05, 0.1) is 5.52 Å². The Kier molecular flexibility index (Phi) is 2.38. The summed E-state index contributed by atoms with van der Waals surface area (Å²) in [5.41, 5.74) is 1.74. The van der Waals surface area contributed by atoms with Crippen LogP contribution >= 0.6 is 23.2 Å². The number of benzene rings is 1. The summed E-state index contributed by atoms with van der Waals surface area (Å²) in [5, 5.41) is 1.06. The number of halogens is 2. The van der Waals surface area contributed by atoms with E-state index >= 15 is 0 Å². The van der Waals surface area contributed by atoms with Crippen LogP contribution in [0.4, 0.5) is 0 Å². The first-order valence-corrected chi connectivity index (χ1v) is 4.78. The molecule has 0 N–H and O–H groups in total. The highest BCUT2D eigenvalue weighted by atomic mass is 35.5. The van der Waals surface area contributed by atoms with Crippen LogP contribution in [-0.2, 0) is 0 Å². The number of para-hydroxylation sites is 1. The number of alkyl halides is 2. The average Bonchev–Trinajstić information content (AvgIpc) is 2.17. The molecule has 0 amide bonds. The predicted molar refractivity (Wildman–Crippen MR) is 56.2 cm³/mol. The summed E-state index contributed by atoms with van der Waals surface area (Å²) in [7, 11) is 0. The number of hydrogen-bond donors (Lipinski definition) is 0. The third kappa shape index (κ3) is 1.62. The fourth-order valence-corrected chi connectivity index (χ4v) is 1.66. The fraction of sp³-hybridized carbons (Fsp3) is 0.100. The van der Waals surface area contributed by atoms with E-state index in [1.165, 1.54) is 0 Å². The minimum atomic E-state index is -0.515. The second-order valence-corrected chi connectivity index (χ2v) is 3.82. The number of pyridine rings is 1. The number of hydrogen-bond acceptors (Lipinski definition) is 1.